The first kappa shape index (κ1) is 12.4. The molecule has 4 nitrogen and oxygen atoms in total. The SMILES string of the molecule is Cc1cc(Oc2ccccc2Cl)ccc1[N+](=O)[O-]. The van der Waals surface area contributed by atoms with Crippen molar-refractivity contribution in [3.63, 3.8) is 0 Å². The Morgan fingerprint density at radius 3 is 2.56 bits per heavy atom. The van der Waals surface area contributed by atoms with Crippen LogP contribution in [0.2, 0.25) is 5.02 Å². The highest BCUT2D eigenvalue weighted by atomic mass is 35.5. The van der Waals surface area contributed by atoms with E-state index in [0.717, 1.165) is 0 Å². The molecule has 0 spiro atoms. The van der Waals surface area contributed by atoms with E-state index in [1.165, 1.54) is 6.07 Å². The average Bonchev–Trinajstić information content (AvgIpc) is 2.32. The van der Waals surface area contributed by atoms with Gasteiger partial charge in [-0.15, -0.1) is 0 Å². The van der Waals surface area contributed by atoms with Crippen molar-refractivity contribution < 1.29 is 9.66 Å². The summed E-state index contributed by atoms with van der Waals surface area (Å²) in [6.07, 6.45) is 0. The number of rotatable bonds is 3. The predicted octanol–water partition coefficient (Wildman–Crippen LogP) is 4.35. The minimum Gasteiger partial charge on any atom is -0.456 e. The number of hydrogen-bond donors (Lipinski definition) is 0. The minimum atomic E-state index is -0.422. The van der Waals surface area contributed by atoms with Crippen LogP contribution < -0.4 is 4.74 Å². The number of benzene rings is 2. The molecule has 0 aromatic heterocycles. The van der Waals surface area contributed by atoms with Gasteiger partial charge in [-0.25, -0.2) is 0 Å². The van der Waals surface area contributed by atoms with Crippen LogP contribution in [0.25, 0.3) is 0 Å². The third kappa shape index (κ3) is 2.60. The summed E-state index contributed by atoms with van der Waals surface area (Å²) in [4.78, 5) is 10.3. The molecular formula is C13H10ClNO3. The van der Waals surface area contributed by atoms with Gasteiger partial charge in [0.15, 0.2) is 0 Å². The second-order valence-electron chi connectivity index (χ2n) is 3.74. The van der Waals surface area contributed by atoms with Crippen molar-refractivity contribution >= 4 is 17.3 Å². The molecule has 0 heterocycles. The Kier molecular flexibility index (Phi) is 3.48. The van der Waals surface area contributed by atoms with Crippen molar-refractivity contribution in [2.24, 2.45) is 0 Å². The van der Waals surface area contributed by atoms with Gasteiger partial charge < -0.3 is 4.74 Å². The quantitative estimate of drug-likeness (QED) is 0.611. The van der Waals surface area contributed by atoms with Crippen LogP contribution in [0.15, 0.2) is 42.5 Å². The Morgan fingerprint density at radius 2 is 1.94 bits per heavy atom. The van der Waals surface area contributed by atoms with Gasteiger partial charge in [-0.2, -0.15) is 0 Å². The van der Waals surface area contributed by atoms with Crippen molar-refractivity contribution in [1.82, 2.24) is 0 Å². The first-order chi connectivity index (χ1) is 8.58. The van der Waals surface area contributed by atoms with Gasteiger partial charge in [0.25, 0.3) is 5.69 Å². The molecule has 18 heavy (non-hydrogen) atoms. The minimum absolute atomic E-state index is 0.0708. The maximum atomic E-state index is 10.7. The molecule has 0 saturated heterocycles. The number of halogens is 1. The zero-order valence-corrected chi connectivity index (χ0v) is 10.3. The summed E-state index contributed by atoms with van der Waals surface area (Å²) >= 11 is 5.96. The normalized spacial score (nSPS) is 10.1. The van der Waals surface area contributed by atoms with Crippen molar-refractivity contribution in [2.45, 2.75) is 6.92 Å². The summed E-state index contributed by atoms with van der Waals surface area (Å²) in [5, 5.41) is 11.2. The number of ether oxygens (including phenoxy) is 1. The molecule has 2 aromatic carbocycles. The van der Waals surface area contributed by atoms with Gasteiger partial charge in [0, 0.05) is 11.6 Å². The Hall–Kier alpha value is -2.07. The molecule has 0 N–H and O–H groups in total. The van der Waals surface area contributed by atoms with Gasteiger partial charge in [-0.05, 0) is 31.2 Å². The van der Waals surface area contributed by atoms with Crippen LogP contribution in [-0.4, -0.2) is 4.92 Å². The van der Waals surface area contributed by atoms with Crippen LogP contribution in [0, 0.1) is 17.0 Å². The van der Waals surface area contributed by atoms with Crippen molar-refractivity contribution in [1.29, 1.82) is 0 Å². The molecule has 0 fully saturated rings. The summed E-state index contributed by atoms with van der Waals surface area (Å²) in [6.45, 7) is 1.66. The molecule has 0 bridgehead atoms. The first-order valence-electron chi connectivity index (χ1n) is 5.25. The van der Waals surface area contributed by atoms with Gasteiger partial charge in [-0.3, -0.25) is 10.1 Å². The van der Waals surface area contributed by atoms with Crippen LogP contribution in [0.4, 0.5) is 5.69 Å². The molecule has 0 atom stereocenters. The summed E-state index contributed by atoms with van der Waals surface area (Å²) < 4.78 is 5.57. The lowest BCUT2D eigenvalue weighted by atomic mass is 10.2. The van der Waals surface area contributed by atoms with Gasteiger partial charge >= 0.3 is 0 Å². The highest BCUT2D eigenvalue weighted by Crippen LogP contribution is 2.31. The molecule has 92 valence electrons. The maximum absolute atomic E-state index is 10.7. The first-order valence-corrected chi connectivity index (χ1v) is 5.63. The molecule has 0 saturated carbocycles. The highest BCUT2D eigenvalue weighted by molar-refractivity contribution is 6.32. The number of nitro benzene ring substituents is 1. The lowest BCUT2D eigenvalue weighted by Crippen LogP contribution is -1.92. The lowest BCUT2D eigenvalue weighted by molar-refractivity contribution is -0.385. The molecule has 0 aliphatic heterocycles. The third-order valence-electron chi connectivity index (χ3n) is 2.43. The van der Waals surface area contributed by atoms with E-state index in [4.69, 9.17) is 16.3 Å². The van der Waals surface area contributed by atoms with E-state index < -0.39 is 4.92 Å². The molecule has 0 amide bonds. The zero-order valence-electron chi connectivity index (χ0n) is 9.59. The molecule has 2 rings (SSSR count). The molecule has 5 heteroatoms. The van der Waals surface area contributed by atoms with E-state index in [1.54, 1.807) is 43.3 Å². The Labute approximate surface area is 109 Å². The van der Waals surface area contributed by atoms with E-state index in [0.29, 0.717) is 22.1 Å². The standard InChI is InChI=1S/C13H10ClNO3/c1-9-8-10(6-7-12(9)15(16)17)18-13-5-3-2-4-11(13)14/h2-8H,1H3. The van der Waals surface area contributed by atoms with Crippen molar-refractivity contribution in [2.75, 3.05) is 0 Å². The van der Waals surface area contributed by atoms with Crippen LogP contribution in [0.5, 0.6) is 11.5 Å². The number of nitro groups is 1. The van der Waals surface area contributed by atoms with Crippen molar-refractivity contribution in [3.8, 4) is 11.5 Å². The highest BCUT2D eigenvalue weighted by Gasteiger charge is 2.11. The van der Waals surface area contributed by atoms with E-state index in [-0.39, 0.29) is 5.69 Å². The summed E-state index contributed by atoms with van der Waals surface area (Å²) in [5.74, 6) is 1.04. The predicted molar refractivity (Wildman–Crippen MR) is 69.4 cm³/mol. The van der Waals surface area contributed by atoms with Gasteiger partial charge in [0.2, 0.25) is 0 Å². The number of hydrogen-bond acceptors (Lipinski definition) is 3. The fourth-order valence-corrected chi connectivity index (χ4v) is 1.73. The molecular weight excluding hydrogens is 254 g/mol. The average molecular weight is 264 g/mol. The van der Waals surface area contributed by atoms with Crippen LogP contribution in [0.3, 0.4) is 0 Å². The van der Waals surface area contributed by atoms with Crippen LogP contribution in [0.1, 0.15) is 5.56 Å². The maximum Gasteiger partial charge on any atom is 0.272 e. The number of aryl methyl sites for hydroxylation is 1. The lowest BCUT2D eigenvalue weighted by Gasteiger charge is -2.07. The molecule has 0 aliphatic rings. The van der Waals surface area contributed by atoms with Crippen LogP contribution >= 0.6 is 11.6 Å². The van der Waals surface area contributed by atoms with Crippen molar-refractivity contribution in [3.05, 3.63) is 63.2 Å². The summed E-state index contributed by atoms with van der Waals surface area (Å²) in [7, 11) is 0. The van der Waals surface area contributed by atoms with E-state index in [2.05, 4.69) is 0 Å². The van der Waals surface area contributed by atoms with Gasteiger partial charge in [-0.1, -0.05) is 23.7 Å². The number of para-hydroxylation sites is 1. The molecule has 0 radical (unpaired) electrons. The molecule has 2 aromatic rings. The third-order valence-corrected chi connectivity index (χ3v) is 2.74. The fraction of sp³-hybridized carbons (Fsp3) is 0.0769. The van der Waals surface area contributed by atoms with E-state index in [1.807, 2.05) is 0 Å². The van der Waals surface area contributed by atoms with E-state index >= 15 is 0 Å². The fourth-order valence-electron chi connectivity index (χ4n) is 1.55. The second kappa shape index (κ2) is 5.06. The Morgan fingerprint density at radius 1 is 1.22 bits per heavy atom. The van der Waals surface area contributed by atoms with Crippen LogP contribution in [-0.2, 0) is 0 Å². The molecule has 0 unspecified atom stereocenters. The molecule has 0 aliphatic carbocycles. The monoisotopic (exact) mass is 263 g/mol. The smallest absolute Gasteiger partial charge is 0.272 e. The topological polar surface area (TPSA) is 52.4 Å². The zero-order chi connectivity index (χ0) is 13.1. The van der Waals surface area contributed by atoms with Gasteiger partial charge in [0.05, 0.1) is 9.95 Å². The second-order valence-corrected chi connectivity index (χ2v) is 4.15. The van der Waals surface area contributed by atoms with E-state index in [9.17, 15) is 10.1 Å². The Balaban J connectivity index is 2.29. The van der Waals surface area contributed by atoms with Gasteiger partial charge in [0.1, 0.15) is 11.5 Å². The summed E-state index contributed by atoms with van der Waals surface area (Å²) in [6, 6.07) is 11.6. The number of nitrogens with zero attached hydrogens (tertiary/aromatic N) is 1. The summed E-state index contributed by atoms with van der Waals surface area (Å²) in [5.41, 5.74) is 0.617. The Bertz CT molecular complexity index is 599. The largest absolute Gasteiger partial charge is 0.456 e.